The van der Waals surface area contributed by atoms with Crippen molar-refractivity contribution in [3.63, 3.8) is 0 Å². The molecule has 0 spiro atoms. The first-order valence-corrected chi connectivity index (χ1v) is 13.4. The minimum Gasteiger partial charge on any atom is -0.393 e. The van der Waals surface area contributed by atoms with E-state index < -0.39 is 11.2 Å². The van der Waals surface area contributed by atoms with E-state index in [1.807, 2.05) is 32.9 Å². The second kappa shape index (κ2) is 10.7. The Labute approximate surface area is 220 Å². The van der Waals surface area contributed by atoms with E-state index in [2.05, 4.69) is 35.2 Å². The molecular formula is C29H42N4O4. The zero-order chi connectivity index (χ0) is 26.8. The van der Waals surface area contributed by atoms with Gasteiger partial charge in [0.25, 0.3) is 5.91 Å². The lowest BCUT2D eigenvalue weighted by molar-refractivity contribution is -0.216. The third-order valence-corrected chi connectivity index (χ3v) is 7.80. The van der Waals surface area contributed by atoms with E-state index in [1.165, 1.54) is 0 Å². The highest BCUT2D eigenvalue weighted by Gasteiger charge is 2.44. The van der Waals surface area contributed by atoms with Gasteiger partial charge in [0.2, 0.25) is 0 Å². The van der Waals surface area contributed by atoms with Gasteiger partial charge in [0.05, 0.1) is 35.8 Å². The van der Waals surface area contributed by atoms with Crippen molar-refractivity contribution in [3.05, 3.63) is 47.3 Å². The highest BCUT2D eigenvalue weighted by Crippen LogP contribution is 2.41. The SMILES string of the molecule is CCc1cnc(C(=O)Nc2ccc(CC3C[C@](C)(CO)O[C@](C)(CO)C3)nc2C2=CCC(C)(C)CC2)[nH]1. The number of carbonyl (C=O) groups is 1. The number of carbonyl (C=O) groups excluding carboxylic acids is 1. The molecule has 1 fully saturated rings. The van der Waals surface area contributed by atoms with Crippen LogP contribution in [0.5, 0.6) is 0 Å². The van der Waals surface area contributed by atoms with Gasteiger partial charge in [0, 0.05) is 17.6 Å². The van der Waals surface area contributed by atoms with Gasteiger partial charge in [-0.05, 0) is 87.8 Å². The van der Waals surface area contributed by atoms with E-state index in [9.17, 15) is 15.0 Å². The van der Waals surface area contributed by atoms with Gasteiger partial charge in [-0.15, -0.1) is 0 Å². The first-order valence-electron chi connectivity index (χ1n) is 13.4. The topological polar surface area (TPSA) is 120 Å². The van der Waals surface area contributed by atoms with Gasteiger partial charge in [-0.25, -0.2) is 4.98 Å². The molecule has 3 heterocycles. The maximum Gasteiger partial charge on any atom is 0.291 e. The molecule has 2 aromatic rings. The standard InChI is InChI=1S/C29H42N4O4/c1-6-21-16-30-25(32-21)26(36)33-23-8-7-22(31-24(23)20-9-11-27(2,3)12-10-20)13-19-14-28(4,17-34)37-29(5,15-19)18-35/h7-9,16,19,34-35H,6,10-15,17-18H2,1-5H3,(H,30,32)(H,33,36)/t19?,28-,29+. The predicted molar refractivity (Wildman–Crippen MR) is 144 cm³/mol. The Hall–Kier alpha value is -2.55. The number of ether oxygens (including phenoxy) is 1. The van der Waals surface area contributed by atoms with Crippen LogP contribution in [0.3, 0.4) is 0 Å². The zero-order valence-corrected chi connectivity index (χ0v) is 22.9. The molecule has 202 valence electrons. The molecule has 8 nitrogen and oxygen atoms in total. The molecule has 1 saturated heterocycles. The minimum absolute atomic E-state index is 0.0993. The molecule has 8 heteroatoms. The van der Waals surface area contributed by atoms with Crippen LogP contribution in [0.2, 0.25) is 0 Å². The molecule has 1 aliphatic heterocycles. The average molecular weight is 511 g/mol. The number of aliphatic hydroxyl groups excluding tert-OH is 2. The molecule has 1 unspecified atom stereocenters. The molecule has 4 rings (SSSR count). The molecule has 2 aromatic heterocycles. The number of nitrogens with one attached hydrogen (secondary N) is 2. The molecule has 0 radical (unpaired) electrons. The fraction of sp³-hybridized carbons (Fsp3) is 0.621. The summed E-state index contributed by atoms with van der Waals surface area (Å²) < 4.78 is 6.09. The number of allylic oxidation sites excluding steroid dienone is 2. The number of hydrogen-bond donors (Lipinski definition) is 4. The zero-order valence-electron chi connectivity index (χ0n) is 22.9. The van der Waals surface area contributed by atoms with Gasteiger partial charge in [-0.2, -0.15) is 0 Å². The number of anilines is 1. The second-order valence-electron chi connectivity index (χ2n) is 12.2. The number of aliphatic hydroxyl groups is 2. The quantitative estimate of drug-likeness (QED) is 0.409. The molecule has 2 aliphatic rings. The van der Waals surface area contributed by atoms with Crippen molar-refractivity contribution >= 4 is 17.2 Å². The van der Waals surface area contributed by atoms with Crippen LogP contribution in [0.15, 0.2) is 24.4 Å². The Kier molecular flexibility index (Phi) is 7.93. The predicted octanol–water partition coefficient (Wildman–Crippen LogP) is 4.68. The lowest BCUT2D eigenvalue weighted by atomic mass is 9.77. The van der Waals surface area contributed by atoms with Gasteiger partial charge in [0.15, 0.2) is 5.82 Å². The molecule has 0 aromatic carbocycles. The third-order valence-electron chi connectivity index (χ3n) is 7.80. The summed E-state index contributed by atoms with van der Waals surface area (Å²) in [4.78, 5) is 25.4. The first kappa shape index (κ1) is 27.5. The van der Waals surface area contributed by atoms with Crippen molar-refractivity contribution in [3.8, 4) is 0 Å². The van der Waals surface area contributed by atoms with Crippen LogP contribution in [-0.4, -0.2) is 55.5 Å². The summed E-state index contributed by atoms with van der Waals surface area (Å²) in [5.41, 5.74) is 3.34. The number of pyridine rings is 1. The van der Waals surface area contributed by atoms with E-state index in [4.69, 9.17) is 9.72 Å². The van der Waals surface area contributed by atoms with Crippen molar-refractivity contribution < 1.29 is 19.7 Å². The highest BCUT2D eigenvalue weighted by molar-refractivity contribution is 6.03. The molecule has 4 N–H and O–H groups in total. The van der Waals surface area contributed by atoms with E-state index in [0.29, 0.717) is 30.8 Å². The molecule has 1 amide bonds. The number of imidazole rings is 1. The second-order valence-corrected chi connectivity index (χ2v) is 12.2. The van der Waals surface area contributed by atoms with E-state index in [-0.39, 0.29) is 30.5 Å². The molecule has 0 saturated carbocycles. The molecule has 0 bridgehead atoms. The molecule has 3 atom stereocenters. The largest absolute Gasteiger partial charge is 0.393 e. The van der Waals surface area contributed by atoms with Gasteiger partial charge in [-0.1, -0.05) is 26.8 Å². The lowest BCUT2D eigenvalue weighted by Gasteiger charge is -2.47. The normalized spacial score (nSPS) is 27.5. The Morgan fingerprint density at radius 1 is 1.16 bits per heavy atom. The fourth-order valence-corrected chi connectivity index (χ4v) is 5.69. The van der Waals surface area contributed by atoms with Crippen LogP contribution in [-0.2, 0) is 17.6 Å². The van der Waals surface area contributed by atoms with Crippen LogP contribution in [0, 0.1) is 11.3 Å². The Morgan fingerprint density at radius 3 is 2.43 bits per heavy atom. The lowest BCUT2D eigenvalue weighted by Crippen LogP contribution is -2.52. The summed E-state index contributed by atoms with van der Waals surface area (Å²) in [5, 5.41) is 23.0. The summed E-state index contributed by atoms with van der Waals surface area (Å²) in [6.45, 7) is 10.2. The Balaban J connectivity index is 1.62. The number of rotatable bonds is 8. The molecular weight excluding hydrogens is 468 g/mol. The minimum atomic E-state index is -0.699. The Bertz CT molecular complexity index is 1140. The van der Waals surface area contributed by atoms with Crippen LogP contribution in [0.25, 0.3) is 5.57 Å². The molecule has 37 heavy (non-hydrogen) atoms. The van der Waals surface area contributed by atoms with Crippen molar-refractivity contribution in [1.82, 2.24) is 15.0 Å². The maximum absolute atomic E-state index is 13.0. The Morgan fingerprint density at radius 2 is 1.86 bits per heavy atom. The smallest absolute Gasteiger partial charge is 0.291 e. The van der Waals surface area contributed by atoms with Crippen molar-refractivity contribution in [2.45, 2.75) is 90.8 Å². The molecule has 1 aliphatic carbocycles. The van der Waals surface area contributed by atoms with Crippen LogP contribution >= 0.6 is 0 Å². The summed E-state index contributed by atoms with van der Waals surface area (Å²) in [6, 6.07) is 3.91. The summed E-state index contributed by atoms with van der Waals surface area (Å²) in [7, 11) is 0. The monoisotopic (exact) mass is 510 g/mol. The van der Waals surface area contributed by atoms with E-state index in [0.717, 1.165) is 48.3 Å². The maximum atomic E-state index is 13.0. The summed E-state index contributed by atoms with van der Waals surface area (Å²) in [6.07, 6.45) is 9.71. The number of hydrogen-bond acceptors (Lipinski definition) is 6. The number of H-pyrrole nitrogens is 1. The number of aromatic nitrogens is 3. The van der Waals surface area contributed by atoms with E-state index in [1.54, 1.807) is 6.20 Å². The summed E-state index contributed by atoms with van der Waals surface area (Å²) in [5.74, 6) is 0.201. The van der Waals surface area contributed by atoms with E-state index >= 15 is 0 Å². The van der Waals surface area contributed by atoms with Crippen LogP contribution in [0.4, 0.5) is 5.69 Å². The van der Waals surface area contributed by atoms with Crippen molar-refractivity contribution in [2.24, 2.45) is 11.3 Å². The van der Waals surface area contributed by atoms with Crippen molar-refractivity contribution in [1.29, 1.82) is 0 Å². The summed E-state index contributed by atoms with van der Waals surface area (Å²) >= 11 is 0. The number of amides is 1. The van der Waals surface area contributed by atoms with Gasteiger partial charge < -0.3 is 25.3 Å². The van der Waals surface area contributed by atoms with Gasteiger partial charge >= 0.3 is 0 Å². The number of aromatic amines is 1. The van der Waals surface area contributed by atoms with Crippen LogP contribution < -0.4 is 5.32 Å². The highest BCUT2D eigenvalue weighted by atomic mass is 16.5. The average Bonchev–Trinajstić information content (AvgIpc) is 3.34. The van der Waals surface area contributed by atoms with Gasteiger partial charge in [-0.3, -0.25) is 9.78 Å². The number of aryl methyl sites for hydroxylation is 1. The first-order chi connectivity index (χ1) is 17.5. The number of nitrogens with zero attached hydrogens (tertiary/aromatic N) is 2. The fourth-order valence-electron chi connectivity index (χ4n) is 5.69. The van der Waals surface area contributed by atoms with Gasteiger partial charge in [0.1, 0.15) is 0 Å². The third kappa shape index (κ3) is 6.48. The van der Waals surface area contributed by atoms with Crippen molar-refractivity contribution in [2.75, 3.05) is 18.5 Å². The van der Waals surface area contributed by atoms with Crippen LogP contribution in [0.1, 0.15) is 94.4 Å².